The summed E-state index contributed by atoms with van der Waals surface area (Å²) in [5, 5.41) is 11.9. The molecule has 29 heavy (non-hydrogen) atoms. The third-order valence-corrected chi connectivity index (χ3v) is 6.20. The maximum Gasteiger partial charge on any atom is 0.256 e. The van der Waals surface area contributed by atoms with Crippen molar-refractivity contribution in [1.29, 1.82) is 0 Å². The number of nitrogens with one attached hydrogen (secondary N) is 1. The number of halogens is 1. The molecule has 1 aromatic carbocycles. The Labute approximate surface area is 176 Å². The zero-order valence-corrected chi connectivity index (χ0v) is 17.5. The van der Waals surface area contributed by atoms with Gasteiger partial charge in [0, 0.05) is 18.4 Å². The summed E-state index contributed by atoms with van der Waals surface area (Å²) < 4.78 is 0.840. The highest BCUT2D eigenvalue weighted by Crippen LogP contribution is 2.40. The van der Waals surface area contributed by atoms with E-state index in [9.17, 15) is 4.79 Å². The van der Waals surface area contributed by atoms with Crippen LogP contribution in [0.25, 0.3) is 5.69 Å². The molecule has 148 valence electrons. The van der Waals surface area contributed by atoms with Crippen molar-refractivity contribution >= 4 is 27.8 Å². The Hall–Kier alpha value is -2.81. The van der Waals surface area contributed by atoms with Gasteiger partial charge in [0.2, 0.25) is 5.95 Å². The van der Waals surface area contributed by atoms with Gasteiger partial charge in [0.15, 0.2) is 0 Å². The van der Waals surface area contributed by atoms with E-state index in [0.29, 0.717) is 11.5 Å². The average molecular weight is 454 g/mol. The molecule has 9 heteroatoms. The molecule has 2 aliphatic heterocycles. The maximum absolute atomic E-state index is 13.6. The lowest BCUT2D eigenvalue weighted by Gasteiger charge is -2.26. The molecule has 2 aliphatic rings. The molecule has 0 saturated carbocycles. The second-order valence-corrected chi connectivity index (χ2v) is 8.43. The number of aromatic nitrogens is 5. The number of nitrogens with zero attached hydrogens (tertiary/aromatic N) is 6. The van der Waals surface area contributed by atoms with Gasteiger partial charge in [-0.1, -0.05) is 12.1 Å². The van der Waals surface area contributed by atoms with Crippen molar-refractivity contribution in [2.75, 3.05) is 5.32 Å². The van der Waals surface area contributed by atoms with Crippen LogP contribution in [-0.4, -0.2) is 53.9 Å². The van der Waals surface area contributed by atoms with Gasteiger partial charge in [0.05, 0.1) is 34.5 Å². The zero-order chi connectivity index (χ0) is 20.0. The quantitative estimate of drug-likeness (QED) is 0.652. The van der Waals surface area contributed by atoms with E-state index >= 15 is 0 Å². The van der Waals surface area contributed by atoms with Crippen LogP contribution in [0.15, 0.2) is 47.5 Å². The molecular weight excluding hydrogens is 434 g/mol. The fourth-order valence-corrected chi connectivity index (χ4v) is 4.79. The van der Waals surface area contributed by atoms with Crippen molar-refractivity contribution in [3.63, 3.8) is 0 Å². The second-order valence-electron chi connectivity index (χ2n) is 7.51. The first-order valence-electron chi connectivity index (χ1n) is 9.65. The van der Waals surface area contributed by atoms with Gasteiger partial charge in [0.1, 0.15) is 5.69 Å². The van der Waals surface area contributed by atoms with Gasteiger partial charge in [0.25, 0.3) is 5.91 Å². The van der Waals surface area contributed by atoms with Crippen LogP contribution >= 0.6 is 15.9 Å². The van der Waals surface area contributed by atoms with E-state index in [1.54, 1.807) is 24.8 Å². The molecule has 2 saturated heterocycles. The van der Waals surface area contributed by atoms with Gasteiger partial charge >= 0.3 is 0 Å². The predicted molar refractivity (Wildman–Crippen MR) is 111 cm³/mol. The van der Waals surface area contributed by atoms with Crippen molar-refractivity contribution in [3.8, 4) is 5.69 Å². The van der Waals surface area contributed by atoms with E-state index in [4.69, 9.17) is 0 Å². The highest BCUT2D eigenvalue weighted by Gasteiger charge is 2.49. The Balaban J connectivity index is 1.43. The molecule has 2 bridgehead atoms. The first-order chi connectivity index (χ1) is 14.1. The van der Waals surface area contributed by atoms with Crippen molar-refractivity contribution in [1.82, 2.24) is 29.9 Å². The van der Waals surface area contributed by atoms with Crippen molar-refractivity contribution in [3.05, 3.63) is 58.6 Å². The highest BCUT2D eigenvalue weighted by atomic mass is 79.9. The molecule has 0 aliphatic carbocycles. The summed E-state index contributed by atoms with van der Waals surface area (Å²) in [6, 6.07) is 6.25. The first-order valence-corrected chi connectivity index (χ1v) is 10.4. The molecule has 0 radical (unpaired) electrons. The molecule has 8 nitrogen and oxygen atoms in total. The average Bonchev–Trinajstić information content (AvgIpc) is 3.45. The van der Waals surface area contributed by atoms with Crippen LogP contribution in [0.1, 0.15) is 35.2 Å². The Morgan fingerprint density at radius 2 is 1.93 bits per heavy atom. The van der Waals surface area contributed by atoms with Gasteiger partial charge in [-0.05, 0) is 53.7 Å². The Bertz CT molecular complexity index is 1040. The lowest BCUT2D eigenvalue weighted by atomic mass is 9.96. The molecular formula is C20H20BrN7O. The SMILES string of the molecule is Cc1cccc(C(=O)N2[C@@H]3CC[C@H]2[C@H](Nc2ncc(Br)cn2)C3)c1-n1nccn1. The van der Waals surface area contributed by atoms with E-state index in [2.05, 4.69) is 41.4 Å². The molecule has 0 unspecified atom stereocenters. The van der Waals surface area contributed by atoms with E-state index in [-0.39, 0.29) is 24.0 Å². The summed E-state index contributed by atoms with van der Waals surface area (Å²) >= 11 is 3.36. The Morgan fingerprint density at radius 3 is 2.69 bits per heavy atom. The van der Waals surface area contributed by atoms with E-state index in [1.165, 1.54) is 4.80 Å². The molecule has 1 amide bonds. The molecule has 2 aromatic heterocycles. The number of rotatable bonds is 4. The van der Waals surface area contributed by atoms with Crippen LogP contribution in [0.4, 0.5) is 5.95 Å². The van der Waals surface area contributed by atoms with Gasteiger partial charge in [-0.15, -0.1) is 0 Å². The summed E-state index contributed by atoms with van der Waals surface area (Å²) in [6.07, 6.45) is 9.60. The number of hydrogen-bond acceptors (Lipinski definition) is 6. The minimum Gasteiger partial charge on any atom is -0.349 e. The molecule has 3 aromatic rings. The van der Waals surface area contributed by atoms with Crippen LogP contribution in [-0.2, 0) is 0 Å². The maximum atomic E-state index is 13.6. The fourth-order valence-electron chi connectivity index (χ4n) is 4.58. The lowest BCUT2D eigenvalue weighted by Crippen LogP contribution is -2.40. The number of para-hydroxylation sites is 1. The predicted octanol–water partition coefficient (Wildman–Crippen LogP) is 2.99. The van der Waals surface area contributed by atoms with Crippen LogP contribution in [0.3, 0.4) is 0 Å². The van der Waals surface area contributed by atoms with Crippen molar-refractivity contribution in [2.45, 2.75) is 44.3 Å². The smallest absolute Gasteiger partial charge is 0.256 e. The minimum absolute atomic E-state index is 0.0366. The normalized spacial score (nSPS) is 22.8. The Morgan fingerprint density at radius 1 is 1.17 bits per heavy atom. The van der Waals surface area contributed by atoms with E-state index < -0.39 is 0 Å². The molecule has 2 fully saturated rings. The number of hydrogen-bond donors (Lipinski definition) is 1. The number of aryl methyl sites for hydroxylation is 1. The standard InChI is InChI=1S/C20H20BrN7O/c1-12-3-2-4-15(18(12)28-24-7-8-25-28)19(29)27-14-5-6-17(27)16(9-14)26-20-22-10-13(21)11-23-20/h2-4,7-8,10-11,14,16-17H,5-6,9H2,1H3,(H,22,23,26)/t14-,16-,17+/m1/s1. The minimum atomic E-state index is 0.0366. The molecule has 5 rings (SSSR count). The van der Waals surface area contributed by atoms with Crippen LogP contribution in [0.5, 0.6) is 0 Å². The summed E-state index contributed by atoms with van der Waals surface area (Å²) in [6.45, 7) is 1.98. The highest BCUT2D eigenvalue weighted by molar-refractivity contribution is 9.10. The third-order valence-electron chi connectivity index (χ3n) is 5.79. The van der Waals surface area contributed by atoms with Gasteiger partial charge in [-0.2, -0.15) is 15.0 Å². The zero-order valence-electron chi connectivity index (χ0n) is 15.9. The second kappa shape index (κ2) is 7.22. The molecule has 4 heterocycles. The summed E-state index contributed by atoms with van der Waals surface area (Å²) in [5.74, 6) is 0.629. The first kappa shape index (κ1) is 18.2. The fraction of sp³-hybridized carbons (Fsp3) is 0.350. The van der Waals surface area contributed by atoms with Crippen molar-refractivity contribution in [2.24, 2.45) is 0 Å². The number of fused-ring (bicyclic) bond motifs is 2. The van der Waals surface area contributed by atoms with E-state index in [1.807, 2.05) is 30.0 Å². The number of carbonyl (C=O) groups excluding carboxylic acids is 1. The molecule has 3 atom stereocenters. The summed E-state index contributed by atoms with van der Waals surface area (Å²) in [5.41, 5.74) is 2.35. The monoisotopic (exact) mass is 453 g/mol. The molecule has 0 spiro atoms. The van der Waals surface area contributed by atoms with E-state index in [0.717, 1.165) is 35.0 Å². The molecule has 1 N–H and O–H groups in total. The van der Waals surface area contributed by atoms with Gasteiger partial charge < -0.3 is 10.2 Å². The van der Waals surface area contributed by atoms with Crippen molar-refractivity contribution < 1.29 is 4.79 Å². The number of benzene rings is 1. The lowest BCUT2D eigenvalue weighted by molar-refractivity contribution is 0.0727. The largest absolute Gasteiger partial charge is 0.349 e. The number of amides is 1. The van der Waals surface area contributed by atoms with Crippen LogP contribution in [0.2, 0.25) is 0 Å². The van der Waals surface area contributed by atoms with Crippen LogP contribution < -0.4 is 5.32 Å². The van der Waals surface area contributed by atoms with Gasteiger partial charge in [-0.3, -0.25) is 4.79 Å². The van der Waals surface area contributed by atoms with Crippen LogP contribution in [0, 0.1) is 6.92 Å². The number of carbonyl (C=O) groups is 1. The summed E-state index contributed by atoms with van der Waals surface area (Å²) in [7, 11) is 0. The topological polar surface area (TPSA) is 88.8 Å². The van der Waals surface area contributed by atoms with Gasteiger partial charge in [-0.25, -0.2) is 9.97 Å². The third kappa shape index (κ3) is 3.19. The number of anilines is 1. The summed E-state index contributed by atoms with van der Waals surface area (Å²) in [4.78, 5) is 25.8. The Kier molecular flexibility index (Phi) is 4.54.